The van der Waals surface area contributed by atoms with Gasteiger partial charge in [0.1, 0.15) is 23.1 Å². The van der Waals surface area contributed by atoms with Crippen molar-refractivity contribution >= 4 is 35.3 Å². The van der Waals surface area contributed by atoms with E-state index in [0.717, 1.165) is 34.9 Å². The van der Waals surface area contributed by atoms with Gasteiger partial charge in [0, 0.05) is 35.0 Å². The van der Waals surface area contributed by atoms with Crippen LogP contribution in [0.25, 0.3) is 0 Å². The second-order valence-corrected chi connectivity index (χ2v) is 11.7. The summed E-state index contributed by atoms with van der Waals surface area (Å²) in [4.78, 5) is 26.9. The van der Waals surface area contributed by atoms with Crippen molar-refractivity contribution in [2.45, 2.75) is 36.6 Å². The van der Waals surface area contributed by atoms with Gasteiger partial charge in [-0.1, -0.05) is 30.7 Å². The molecule has 0 aliphatic carbocycles. The topological polar surface area (TPSA) is 109 Å². The number of nitrogens with one attached hydrogen (secondary N) is 1. The summed E-state index contributed by atoms with van der Waals surface area (Å²) in [5, 5.41) is 13.9. The fraction of sp³-hybridized carbons (Fsp3) is 0.343. The first-order valence-electron chi connectivity index (χ1n) is 15.4. The monoisotopic (exact) mass is 643 g/mol. The molecule has 0 radical (unpaired) electrons. The molecule has 3 aromatic carbocycles. The highest BCUT2D eigenvalue weighted by Crippen LogP contribution is 2.42. The normalized spacial score (nSPS) is 13.9. The molecule has 46 heavy (non-hydrogen) atoms. The SMILES string of the molecule is COc1ccc(OC)c(C(c2ccccc2SC)N(C(=O)O)c2ccnc(Nc3cccc(OCCCN4CCCCC4)c3)n2)c1. The predicted octanol–water partition coefficient (Wildman–Crippen LogP) is 7.49. The highest BCUT2D eigenvalue weighted by Gasteiger charge is 2.33. The number of anilines is 3. The Hall–Kier alpha value is -4.48. The van der Waals surface area contributed by atoms with Gasteiger partial charge in [-0.3, -0.25) is 0 Å². The van der Waals surface area contributed by atoms with Crippen LogP contribution in [0.2, 0.25) is 0 Å². The number of carbonyl (C=O) groups is 1. The van der Waals surface area contributed by atoms with E-state index in [2.05, 4.69) is 20.2 Å². The third-order valence-corrected chi connectivity index (χ3v) is 8.75. The Balaban J connectivity index is 1.41. The lowest BCUT2D eigenvalue weighted by molar-refractivity contribution is 0.199. The average Bonchev–Trinajstić information content (AvgIpc) is 3.09. The van der Waals surface area contributed by atoms with Gasteiger partial charge in [-0.05, 0) is 86.6 Å². The molecule has 1 aromatic heterocycles. The van der Waals surface area contributed by atoms with Gasteiger partial charge < -0.3 is 29.5 Å². The van der Waals surface area contributed by atoms with Crippen LogP contribution in [0.1, 0.15) is 42.9 Å². The molecule has 1 unspecified atom stereocenters. The van der Waals surface area contributed by atoms with Crippen LogP contribution in [0.15, 0.2) is 83.9 Å². The second kappa shape index (κ2) is 16.2. The van der Waals surface area contributed by atoms with E-state index in [4.69, 9.17) is 14.2 Å². The van der Waals surface area contributed by atoms with Crippen molar-refractivity contribution in [2.24, 2.45) is 0 Å². The number of likely N-dealkylation sites (tertiary alicyclic amines) is 1. The summed E-state index contributed by atoms with van der Waals surface area (Å²) in [6.07, 6.45) is 7.18. The Morgan fingerprint density at radius 2 is 1.80 bits per heavy atom. The summed E-state index contributed by atoms with van der Waals surface area (Å²) in [5.74, 6) is 2.28. The third-order valence-electron chi connectivity index (χ3n) is 7.94. The molecule has 0 saturated carbocycles. The molecular formula is C35H41N5O5S. The van der Waals surface area contributed by atoms with Crippen molar-refractivity contribution < 1.29 is 24.1 Å². The largest absolute Gasteiger partial charge is 0.497 e. The number of benzene rings is 3. The van der Waals surface area contributed by atoms with Gasteiger partial charge in [-0.2, -0.15) is 4.98 Å². The number of hydrogen-bond donors (Lipinski definition) is 2. The maximum absolute atomic E-state index is 13.1. The van der Waals surface area contributed by atoms with E-state index in [-0.39, 0.29) is 11.8 Å². The van der Waals surface area contributed by atoms with E-state index in [1.54, 1.807) is 44.7 Å². The molecule has 1 aliphatic heterocycles. The van der Waals surface area contributed by atoms with Crippen LogP contribution >= 0.6 is 11.8 Å². The van der Waals surface area contributed by atoms with Gasteiger partial charge in [-0.25, -0.2) is 14.7 Å². The lowest BCUT2D eigenvalue weighted by Crippen LogP contribution is -2.35. The number of ether oxygens (including phenoxy) is 3. The van der Waals surface area contributed by atoms with Crippen LogP contribution in [0.3, 0.4) is 0 Å². The van der Waals surface area contributed by atoms with Crippen LogP contribution in [0.4, 0.5) is 22.2 Å². The lowest BCUT2D eigenvalue weighted by atomic mass is 9.95. The molecule has 2 N–H and O–H groups in total. The van der Waals surface area contributed by atoms with E-state index in [9.17, 15) is 9.90 Å². The van der Waals surface area contributed by atoms with Gasteiger partial charge in [-0.15, -0.1) is 11.8 Å². The number of amides is 1. The zero-order valence-corrected chi connectivity index (χ0v) is 27.3. The zero-order chi connectivity index (χ0) is 32.3. The summed E-state index contributed by atoms with van der Waals surface area (Å²) in [5.41, 5.74) is 2.12. The molecular weight excluding hydrogens is 602 g/mol. The summed E-state index contributed by atoms with van der Waals surface area (Å²) in [7, 11) is 3.14. The number of methoxy groups -OCH3 is 2. The van der Waals surface area contributed by atoms with Crippen molar-refractivity contribution in [3.8, 4) is 17.2 Å². The Bertz CT molecular complexity index is 1600. The van der Waals surface area contributed by atoms with Crippen molar-refractivity contribution in [3.05, 3.63) is 90.1 Å². The minimum atomic E-state index is -1.18. The number of rotatable bonds is 14. The molecule has 1 fully saturated rings. The fourth-order valence-corrected chi connectivity index (χ4v) is 6.36. The van der Waals surface area contributed by atoms with Crippen molar-refractivity contribution in [3.63, 3.8) is 0 Å². The van der Waals surface area contributed by atoms with Crippen LogP contribution in [0.5, 0.6) is 17.2 Å². The quantitative estimate of drug-likeness (QED) is 0.106. The molecule has 1 aliphatic rings. The van der Waals surface area contributed by atoms with Crippen LogP contribution < -0.4 is 24.4 Å². The molecule has 4 aromatic rings. The molecule has 5 rings (SSSR count). The highest BCUT2D eigenvalue weighted by atomic mass is 32.2. The molecule has 11 heteroatoms. The molecule has 0 bridgehead atoms. The Morgan fingerprint density at radius 3 is 2.57 bits per heavy atom. The van der Waals surface area contributed by atoms with Gasteiger partial charge >= 0.3 is 6.09 Å². The highest BCUT2D eigenvalue weighted by molar-refractivity contribution is 7.98. The van der Waals surface area contributed by atoms with E-state index in [1.165, 1.54) is 49.0 Å². The molecule has 2 heterocycles. The van der Waals surface area contributed by atoms with Crippen molar-refractivity contribution in [1.82, 2.24) is 14.9 Å². The standard InChI is InChI=1S/C35H41N5O5S/c1-43-26-15-16-30(44-2)29(24-26)33(28-13-5-6-14-31(28)46-3)40(35(41)42)32-17-18-36-34(38-32)37-25-11-9-12-27(23-25)45-22-10-21-39-19-7-4-8-20-39/h5-6,9,11-18,23-24,33H,4,7-8,10,19-22H2,1-3H3,(H,41,42)(H,36,37,38). The van der Waals surface area contributed by atoms with E-state index >= 15 is 0 Å². The Kier molecular flexibility index (Phi) is 11.6. The lowest BCUT2D eigenvalue weighted by Gasteiger charge is -2.31. The van der Waals surface area contributed by atoms with Gasteiger partial charge in [0.15, 0.2) is 0 Å². The first-order chi connectivity index (χ1) is 22.5. The minimum absolute atomic E-state index is 0.195. The molecule has 1 atom stereocenters. The van der Waals surface area contributed by atoms with Crippen molar-refractivity contribution in [2.75, 3.05) is 56.9 Å². The summed E-state index contributed by atoms with van der Waals surface area (Å²) >= 11 is 1.54. The number of piperidine rings is 1. The fourth-order valence-electron chi connectivity index (χ4n) is 5.73. The van der Waals surface area contributed by atoms with Gasteiger partial charge in [0.2, 0.25) is 5.95 Å². The van der Waals surface area contributed by atoms with Crippen LogP contribution in [0, 0.1) is 0 Å². The van der Waals surface area contributed by atoms with E-state index in [0.29, 0.717) is 23.7 Å². The number of thioether (sulfide) groups is 1. The average molecular weight is 644 g/mol. The molecule has 1 amide bonds. The smallest absolute Gasteiger partial charge is 0.413 e. The first kappa shape index (κ1) is 32.9. The van der Waals surface area contributed by atoms with E-state index < -0.39 is 12.1 Å². The maximum Gasteiger partial charge on any atom is 0.413 e. The summed E-state index contributed by atoms with van der Waals surface area (Å²) in [6.45, 7) is 4.03. The number of hydrogen-bond acceptors (Lipinski definition) is 9. The summed E-state index contributed by atoms with van der Waals surface area (Å²) in [6, 6.07) is 21.5. The molecule has 242 valence electrons. The van der Waals surface area contributed by atoms with Gasteiger partial charge in [0.25, 0.3) is 0 Å². The van der Waals surface area contributed by atoms with Crippen LogP contribution in [-0.2, 0) is 0 Å². The third kappa shape index (κ3) is 8.21. The molecule has 1 saturated heterocycles. The van der Waals surface area contributed by atoms with Crippen LogP contribution in [-0.4, -0.2) is 72.8 Å². The second-order valence-electron chi connectivity index (χ2n) is 10.9. The number of aromatic nitrogens is 2. The molecule has 10 nitrogen and oxygen atoms in total. The number of carboxylic acid groups (broad SMARTS) is 1. The predicted molar refractivity (Wildman–Crippen MR) is 182 cm³/mol. The zero-order valence-electron chi connectivity index (χ0n) is 26.5. The Labute approximate surface area is 274 Å². The Morgan fingerprint density at radius 1 is 0.978 bits per heavy atom. The number of nitrogens with zero attached hydrogens (tertiary/aromatic N) is 4. The summed E-state index contributed by atoms with van der Waals surface area (Å²) < 4.78 is 17.3. The van der Waals surface area contributed by atoms with E-state index in [1.807, 2.05) is 54.8 Å². The van der Waals surface area contributed by atoms with Crippen molar-refractivity contribution in [1.29, 1.82) is 0 Å². The minimum Gasteiger partial charge on any atom is -0.497 e. The van der Waals surface area contributed by atoms with Gasteiger partial charge in [0.05, 0.1) is 26.9 Å². The maximum atomic E-state index is 13.1. The first-order valence-corrected chi connectivity index (χ1v) is 16.7. The molecule has 0 spiro atoms.